The summed E-state index contributed by atoms with van der Waals surface area (Å²) in [5, 5.41) is 13.3. The van der Waals surface area contributed by atoms with E-state index in [-0.39, 0.29) is 17.9 Å². The van der Waals surface area contributed by atoms with Crippen LogP contribution in [-0.2, 0) is 4.79 Å². The van der Waals surface area contributed by atoms with Crippen molar-refractivity contribution < 1.29 is 9.90 Å². The van der Waals surface area contributed by atoms with E-state index in [1.807, 2.05) is 0 Å². The third-order valence-electron chi connectivity index (χ3n) is 5.25. The van der Waals surface area contributed by atoms with Crippen LogP contribution in [0.2, 0.25) is 0 Å². The third kappa shape index (κ3) is 3.53. The molecule has 114 valence electrons. The highest BCUT2D eigenvalue weighted by Crippen LogP contribution is 2.29. The Balaban J connectivity index is 1.50. The van der Waals surface area contributed by atoms with Crippen LogP contribution in [0, 0.1) is 11.8 Å². The van der Waals surface area contributed by atoms with Crippen molar-refractivity contribution >= 4 is 5.91 Å². The molecule has 0 bridgehead atoms. The Bertz CT molecular complexity index is 343. The van der Waals surface area contributed by atoms with Gasteiger partial charge in [0.25, 0.3) is 0 Å². The second-order valence-corrected chi connectivity index (χ2v) is 6.94. The van der Waals surface area contributed by atoms with Crippen molar-refractivity contribution in [1.29, 1.82) is 0 Å². The van der Waals surface area contributed by atoms with Crippen molar-refractivity contribution in [3.05, 3.63) is 0 Å². The van der Waals surface area contributed by atoms with Crippen LogP contribution in [0.3, 0.4) is 0 Å². The number of rotatable bonds is 4. The zero-order valence-electron chi connectivity index (χ0n) is 12.4. The average Bonchev–Trinajstić information content (AvgIpc) is 3.29. The number of hydrogen-bond acceptors (Lipinski definition) is 3. The summed E-state index contributed by atoms with van der Waals surface area (Å²) in [4.78, 5) is 14.6. The number of nitrogens with zero attached hydrogens (tertiary/aromatic N) is 1. The number of aliphatic hydroxyl groups is 1. The minimum Gasteiger partial charge on any atom is -0.391 e. The fourth-order valence-corrected chi connectivity index (χ4v) is 3.75. The zero-order valence-corrected chi connectivity index (χ0v) is 12.4. The summed E-state index contributed by atoms with van der Waals surface area (Å²) >= 11 is 0. The van der Waals surface area contributed by atoms with E-state index >= 15 is 0 Å². The molecule has 20 heavy (non-hydrogen) atoms. The number of hydrogen-bond donors (Lipinski definition) is 2. The Hall–Kier alpha value is -0.610. The molecule has 0 spiro atoms. The van der Waals surface area contributed by atoms with Gasteiger partial charge in [0.2, 0.25) is 5.91 Å². The number of piperidine rings is 1. The molecule has 2 saturated carbocycles. The maximum atomic E-state index is 12.2. The van der Waals surface area contributed by atoms with Crippen LogP contribution in [0.1, 0.15) is 51.4 Å². The molecule has 3 atom stereocenters. The highest BCUT2D eigenvalue weighted by atomic mass is 16.3. The van der Waals surface area contributed by atoms with Crippen LogP contribution in [0.15, 0.2) is 0 Å². The van der Waals surface area contributed by atoms with Crippen molar-refractivity contribution in [2.75, 3.05) is 19.6 Å². The number of carbonyl (C=O) groups excluding carboxylic acids is 1. The minimum atomic E-state index is -0.183. The topological polar surface area (TPSA) is 52.6 Å². The first-order chi connectivity index (χ1) is 9.74. The molecule has 0 radical (unpaired) electrons. The predicted octanol–water partition coefficient (Wildman–Crippen LogP) is 1.53. The summed E-state index contributed by atoms with van der Waals surface area (Å²) in [7, 11) is 0. The number of carbonyl (C=O) groups is 1. The van der Waals surface area contributed by atoms with Crippen molar-refractivity contribution in [1.82, 2.24) is 10.2 Å². The van der Waals surface area contributed by atoms with E-state index in [0.717, 1.165) is 57.7 Å². The van der Waals surface area contributed by atoms with Crippen LogP contribution < -0.4 is 5.32 Å². The quantitative estimate of drug-likeness (QED) is 0.821. The fourth-order valence-electron chi connectivity index (χ4n) is 3.75. The first-order valence-electron chi connectivity index (χ1n) is 8.44. The molecule has 3 aliphatic rings. The van der Waals surface area contributed by atoms with Crippen LogP contribution >= 0.6 is 0 Å². The predicted molar refractivity (Wildman–Crippen MR) is 78.3 cm³/mol. The lowest BCUT2D eigenvalue weighted by Crippen LogP contribution is -2.52. The lowest BCUT2D eigenvalue weighted by atomic mass is 9.88. The normalized spacial score (nSPS) is 35.8. The van der Waals surface area contributed by atoms with Gasteiger partial charge < -0.3 is 10.4 Å². The fraction of sp³-hybridized carbons (Fsp3) is 0.938. The molecule has 4 nitrogen and oxygen atoms in total. The second-order valence-electron chi connectivity index (χ2n) is 6.94. The van der Waals surface area contributed by atoms with E-state index < -0.39 is 0 Å². The molecule has 0 aromatic rings. The summed E-state index contributed by atoms with van der Waals surface area (Å²) < 4.78 is 0. The molecule has 0 aromatic heterocycles. The van der Waals surface area contributed by atoms with Gasteiger partial charge in [-0.15, -0.1) is 0 Å². The van der Waals surface area contributed by atoms with Crippen molar-refractivity contribution in [3.63, 3.8) is 0 Å². The van der Waals surface area contributed by atoms with Gasteiger partial charge in [-0.3, -0.25) is 9.69 Å². The van der Waals surface area contributed by atoms with E-state index in [4.69, 9.17) is 0 Å². The third-order valence-corrected chi connectivity index (χ3v) is 5.25. The van der Waals surface area contributed by atoms with E-state index in [1.54, 1.807) is 0 Å². The molecule has 1 aliphatic heterocycles. The minimum absolute atomic E-state index is 0.136. The number of aliphatic hydroxyl groups excluding tert-OH is 1. The molecular formula is C16H28N2O2. The molecule has 3 rings (SSSR count). The van der Waals surface area contributed by atoms with Gasteiger partial charge in [-0.2, -0.15) is 0 Å². The van der Waals surface area contributed by atoms with Crippen LogP contribution in [0.5, 0.6) is 0 Å². The Morgan fingerprint density at radius 1 is 1.10 bits per heavy atom. The lowest BCUT2D eigenvalue weighted by Gasteiger charge is -2.41. The smallest absolute Gasteiger partial charge is 0.224 e. The molecule has 3 fully saturated rings. The van der Waals surface area contributed by atoms with Gasteiger partial charge in [-0.1, -0.05) is 12.8 Å². The van der Waals surface area contributed by atoms with Crippen molar-refractivity contribution in [2.24, 2.45) is 11.8 Å². The van der Waals surface area contributed by atoms with E-state index in [2.05, 4.69) is 10.2 Å². The summed E-state index contributed by atoms with van der Waals surface area (Å²) in [6.45, 7) is 2.77. The molecule has 3 unspecified atom stereocenters. The van der Waals surface area contributed by atoms with Gasteiger partial charge in [0.05, 0.1) is 12.0 Å². The molecular weight excluding hydrogens is 252 g/mol. The monoisotopic (exact) mass is 280 g/mol. The molecule has 1 amide bonds. The molecule has 4 heteroatoms. The summed E-state index contributed by atoms with van der Waals surface area (Å²) in [6.07, 6.45) is 8.87. The van der Waals surface area contributed by atoms with E-state index in [1.165, 1.54) is 19.3 Å². The van der Waals surface area contributed by atoms with Gasteiger partial charge >= 0.3 is 0 Å². The Morgan fingerprint density at radius 3 is 2.65 bits per heavy atom. The molecule has 1 heterocycles. The van der Waals surface area contributed by atoms with Crippen LogP contribution in [-0.4, -0.2) is 47.7 Å². The Kier molecular flexibility index (Phi) is 4.61. The number of nitrogens with one attached hydrogen (secondary N) is 1. The number of likely N-dealkylation sites (tertiary alicyclic amines) is 1. The molecule has 0 aromatic carbocycles. The summed E-state index contributed by atoms with van der Waals surface area (Å²) in [5.74, 6) is 1.13. The maximum Gasteiger partial charge on any atom is 0.224 e. The average molecular weight is 280 g/mol. The zero-order chi connectivity index (χ0) is 13.9. The standard InChI is InChI=1S/C16H28N2O2/c19-15-6-2-1-5-14(15)18-9-3-4-13(11-18)16(20)17-10-12-7-8-12/h12-15,19H,1-11H2,(H,17,20). The van der Waals surface area contributed by atoms with Gasteiger partial charge in [-0.05, 0) is 51.0 Å². The van der Waals surface area contributed by atoms with Gasteiger partial charge in [-0.25, -0.2) is 0 Å². The largest absolute Gasteiger partial charge is 0.391 e. The first-order valence-corrected chi connectivity index (χ1v) is 8.44. The lowest BCUT2D eigenvalue weighted by molar-refractivity contribution is -0.127. The van der Waals surface area contributed by atoms with Gasteiger partial charge in [0.15, 0.2) is 0 Å². The highest BCUT2D eigenvalue weighted by Gasteiger charge is 2.34. The Morgan fingerprint density at radius 2 is 1.90 bits per heavy atom. The summed E-state index contributed by atoms with van der Waals surface area (Å²) in [5.41, 5.74) is 0. The molecule has 1 saturated heterocycles. The van der Waals surface area contributed by atoms with Crippen molar-refractivity contribution in [3.8, 4) is 0 Å². The second kappa shape index (κ2) is 6.44. The molecule has 2 N–H and O–H groups in total. The van der Waals surface area contributed by atoms with Crippen LogP contribution in [0.25, 0.3) is 0 Å². The first kappa shape index (κ1) is 14.3. The SMILES string of the molecule is O=C(NCC1CC1)C1CCCN(C2CCCCC2O)C1. The maximum absolute atomic E-state index is 12.2. The van der Waals surface area contributed by atoms with Crippen molar-refractivity contribution in [2.45, 2.75) is 63.5 Å². The molecule has 2 aliphatic carbocycles. The Labute approximate surface area is 121 Å². The van der Waals surface area contributed by atoms with Gasteiger partial charge in [0.1, 0.15) is 0 Å². The highest BCUT2D eigenvalue weighted by molar-refractivity contribution is 5.79. The number of amides is 1. The van der Waals surface area contributed by atoms with Crippen LogP contribution in [0.4, 0.5) is 0 Å². The van der Waals surface area contributed by atoms with E-state index in [0.29, 0.717) is 6.04 Å². The summed E-state index contributed by atoms with van der Waals surface area (Å²) in [6, 6.07) is 0.294. The van der Waals surface area contributed by atoms with E-state index in [9.17, 15) is 9.90 Å². The van der Waals surface area contributed by atoms with Gasteiger partial charge in [0, 0.05) is 19.1 Å².